The van der Waals surface area contributed by atoms with Crippen LogP contribution in [0.2, 0.25) is 0 Å². The molecule has 1 atom stereocenters. The highest BCUT2D eigenvalue weighted by atomic mass is 16.6. The number of hydrogen-bond acceptors (Lipinski definition) is 5. The monoisotopic (exact) mass is 214 g/mol. The molecule has 2 fully saturated rings. The van der Waals surface area contributed by atoms with Gasteiger partial charge >= 0.3 is 5.97 Å². The molecular weight excluding hydrogens is 196 g/mol. The summed E-state index contributed by atoms with van der Waals surface area (Å²) < 4.78 is 5.33. The van der Waals surface area contributed by atoms with Crippen molar-refractivity contribution in [3.05, 3.63) is 0 Å². The van der Waals surface area contributed by atoms with Gasteiger partial charge in [0.15, 0.2) is 0 Å². The number of cyclic esters (lactones) is 1. The van der Waals surface area contributed by atoms with Crippen LogP contribution in [-0.4, -0.2) is 61.9 Å². The molecule has 2 rings (SSSR count). The lowest BCUT2D eigenvalue weighted by Gasteiger charge is -2.42. The molecule has 1 spiro atoms. The van der Waals surface area contributed by atoms with E-state index in [-0.39, 0.29) is 24.1 Å². The maximum absolute atomic E-state index is 11.3. The fraction of sp³-hybridized carbons (Fsp3) is 0.900. The van der Waals surface area contributed by atoms with Crippen LogP contribution in [0.5, 0.6) is 0 Å². The Morgan fingerprint density at radius 1 is 1.67 bits per heavy atom. The maximum Gasteiger partial charge on any atom is 0.306 e. The highest BCUT2D eigenvalue weighted by Crippen LogP contribution is 2.39. The van der Waals surface area contributed by atoms with Crippen molar-refractivity contribution >= 4 is 5.97 Å². The van der Waals surface area contributed by atoms with Gasteiger partial charge in [-0.3, -0.25) is 4.79 Å². The predicted octanol–water partition coefficient (Wildman–Crippen LogP) is -1.18. The molecule has 2 saturated heterocycles. The number of aliphatic hydroxyl groups excluding tert-OH is 1. The lowest BCUT2D eigenvalue weighted by atomic mass is 9.75. The first-order valence-electron chi connectivity index (χ1n) is 5.36. The molecule has 2 aliphatic rings. The number of aliphatic hydroxyl groups is 1. The number of ether oxygens (including phenoxy) is 1. The molecule has 5 nitrogen and oxygen atoms in total. The van der Waals surface area contributed by atoms with Crippen molar-refractivity contribution in [1.82, 2.24) is 10.2 Å². The molecule has 0 bridgehead atoms. The summed E-state index contributed by atoms with van der Waals surface area (Å²) in [5, 5.41) is 12.0. The normalized spacial score (nSPS) is 28.2. The zero-order chi connectivity index (χ0) is 10.9. The van der Waals surface area contributed by atoms with E-state index in [0.717, 1.165) is 13.1 Å². The van der Waals surface area contributed by atoms with Gasteiger partial charge in [0, 0.05) is 31.6 Å². The molecule has 86 valence electrons. The van der Waals surface area contributed by atoms with Crippen molar-refractivity contribution in [3.63, 3.8) is 0 Å². The minimum atomic E-state index is -0.0844. The quantitative estimate of drug-likeness (QED) is 0.577. The molecule has 0 aliphatic carbocycles. The molecule has 2 heterocycles. The van der Waals surface area contributed by atoms with Crippen LogP contribution in [0.4, 0.5) is 0 Å². The number of carbonyl (C=O) groups excluding carboxylic acids is 1. The average Bonchev–Trinajstić information content (AvgIpc) is 2.42. The van der Waals surface area contributed by atoms with Gasteiger partial charge in [-0.2, -0.15) is 0 Å². The molecule has 0 aromatic heterocycles. The van der Waals surface area contributed by atoms with E-state index in [1.54, 1.807) is 0 Å². The van der Waals surface area contributed by atoms with Crippen LogP contribution in [0, 0.1) is 5.41 Å². The zero-order valence-corrected chi connectivity index (χ0v) is 9.03. The molecule has 2 N–H and O–H groups in total. The second kappa shape index (κ2) is 4.08. The predicted molar refractivity (Wildman–Crippen MR) is 54.4 cm³/mol. The summed E-state index contributed by atoms with van der Waals surface area (Å²) in [6.07, 6.45) is 0.528. The molecule has 5 heteroatoms. The molecule has 0 saturated carbocycles. The summed E-state index contributed by atoms with van der Waals surface area (Å²) in [5.74, 6) is -0.0844. The summed E-state index contributed by atoms with van der Waals surface area (Å²) in [5.41, 5.74) is 0.0286. The first kappa shape index (κ1) is 10.9. The van der Waals surface area contributed by atoms with Crippen LogP contribution in [0.15, 0.2) is 0 Å². The number of nitrogens with zero attached hydrogens (tertiary/aromatic N) is 1. The number of carbonyl (C=O) groups is 1. The molecule has 0 aromatic carbocycles. The summed E-state index contributed by atoms with van der Waals surface area (Å²) >= 11 is 0. The van der Waals surface area contributed by atoms with Crippen molar-refractivity contribution < 1.29 is 14.6 Å². The van der Waals surface area contributed by atoms with Gasteiger partial charge in [0.05, 0.1) is 13.0 Å². The lowest BCUT2D eigenvalue weighted by Crippen LogP contribution is -2.59. The number of hydrogen-bond donors (Lipinski definition) is 2. The Morgan fingerprint density at radius 3 is 2.93 bits per heavy atom. The second-order valence-corrected chi connectivity index (χ2v) is 4.61. The SMILES string of the molecule is CN(CCO)CC1OC(=O)CC12CNC2. The number of likely N-dealkylation sites (N-methyl/N-ethyl adjacent to an activating group) is 1. The van der Waals surface area contributed by atoms with E-state index < -0.39 is 0 Å². The zero-order valence-electron chi connectivity index (χ0n) is 9.03. The molecule has 2 aliphatic heterocycles. The molecular formula is C10H18N2O3. The molecule has 0 amide bonds. The maximum atomic E-state index is 11.3. The van der Waals surface area contributed by atoms with Crippen LogP contribution < -0.4 is 5.32 Å². The summed E-state index contributed by atoms with van der Waals surface area (Å²) in [6.45, 7) is 3.22. The van der Waals surface area contributed by atoms with Crippen molar-refractivity contribution in [2.75, 3.05) is 39.8 Å². The van der Waals surface area contributed by atoms with Crippen molar-refractivity contribution in [3.8, 4) is 0 Å². The minimum absolute atomic E-state index is 0.0113. The molecule has 0 radical (unpaired) electrons. The highest BCUT2D eigenvalue weighted by Gasteiger charge is 2.53. The third-order valence-corrected chi connectivity index (χ3v) is 3.37. The third kappa shape index (κ3) is 2.00. The van der Waals surface area contributed by atoms with E-state index in [1.807, 2.05) is 11.9 Å². The van der Waals surface area contributed by atoms with Crippen molar-refractivity contribution in [1.29, 1.82) is 0 Å². The largest absolute Gasteiger partial charge is 0.460 e. The van der Waals surface area contributed by atoms with Gasteiger partial charge in [0.25, 0.3) is 0 Å². The fourth-order valence-electron chi connectivity index (χ4n) is 2.30. The fourth-order valence-corrected chi connectivity index (χ4v) is 2.30. The van der Waals surface area contributed by atoms with Crippen LogP contribution in [0.1, 0.15) is 6.42 Å². The van der Waals surface area contributed by atoms with Gasteiger partial charge in [0.2, 0.25) is 0 Å². The smallest absolute Gasteiger partial charge is 0.306 e. The number of esters is 1. The molecule has 0 aromatic rings. The standard InChI is InChI=1S/C10H18N2O3/c1-12(2-3-13)5-8-10(6-11-7-10)4-9(14)15-8/h8,11,13H,2-7H2,1H3. The Balaban J connectivity index is 1.93. The Bertz CT molecular complexity index is 253. The van der Waals surface area contributed by atoms with Crippen molar-refractivity contribution in [2.45, 2.75) is 12.5 Å². The Labute approximate surface area is 89.4 Å². The van der Waals surface area contributed by atoms with Crippen LogP contribution >= 0.6 is 0 Å². The summed E-state index contributed by atoms with van der Waals surface area (Å²) in [7, 11) is 1.93. The van der Waals surface area contributed by atoms with Crippen LogP contribution in [0.25, 0.3) is 0 Å². The van der Waals surface area contributed by atoms with Crippen LogP contribution in [-0.2, 0) is 9.53 Å². The van der Waals surface area contributed by atoms with E-state index in [1.165, 1.54) is 0 Å². The summed E-state index contributed by atoms with van der Waals surface area (Å²) in [4.78, 5) is 13.3. The van der Waals surface area contributed by atoms with Gasteiger partial charge in [0.1, 0.15) is 6.10 Å². The number of nitrogens with one attached hydrogen (secondary N) is 1. The topological polar surface area (TPSA) is 61.8 Å². The van der Waals surface area contributed by atoms with Crippen LogP contribution in [0.3, 0.4) is 0 Å². The Hall–Kier alpha value is -0.650. The Morgan fingerprint density at radius 2 is 2.40 bits per heavy atom. The van der Waals surface area contributed by atoms with Gasteiger partial charge in [-0.15, -0.1) is 0 Å². The first-order chi connectivity index (χ1) is 7.16. The van der Waals surface area contributed by atoms with Crippen molar-refractivity contribution in [2.24, 2.45) is 5.41 Å². The minimum Gasteiger partial charge on any atom is -0.460 e. The van der Waals surface area contributed by atoms with E-state index in [4.69, 9.17) is 9.84 Å². The Kier molecular flexibility index (Phi) is 2.95. The summed E-state index contributed by atoms with van der Waals surface area (Å²) in [6, 6.07) is 0. The van der Waals surface area contributed by atoms with E-state index in [0.29, 0.717) is 19.5 Å². The first-order valence-corrected chi connectivity index (χ1v) is 5.36. The third-order valence-electron chi connectivity index (χ3n) is 3.37. The highest BCUT2D eigenvalue weighted by molar-refractivity contribution is 5.73. The second-order valence-electron chi connectivity index (χ2n) is 4.61. The number of rotatable bonds is 4. The molecule has 15 heavy (non-hydrogen) atoms. The van der Waals surface area contributed by atoms with Gasteiger partial charge in [-0.1, -0.05) is 0 Å². The van der Waals surface area contributed by atoms with Gasteiger partial charge in [-0.25, -0.2) is 0 Å². The van der Waals surface area contributed by atoms with Gasteiger partial charge < -0.3 is 20.1 Å². The molecule has 1 unspecified atom stereocenters. The van der Waals surface area contributed by atoms with Gasteiger partial charge in [-0.05, 0) is 7.05 Å². The van der Waals surface area contributed by atoms with E-state index >= 15 is 0 Å². The van der Waals surface area contributed by atoms with E-state index in [2.05, 4.69) is 5.32 Å². The lowest BCUT2D eigenvalue weighted by molar-refractivity contribution is -0.142. The average molecular weight is 214 g/mol. The van der Waals surface area contributed by atoms with E-state index in [9.17, 15) is 4.79 Å².